The number of nitrogens with zero attached hydrogens (tertiary/aromatic N) is 4. The van der Waals surface area contributed by atoms with E-state index in [1.54, 1.807) is 0 Å². The first-order valence-corrected chi connectivity index (χ1v) is 8.08. The van der Waals surface area contributed by atoms with Gasteiger partial charge in [0.05, 0.1) is 6.04 Å². The Labute approximate surface area is 138 Å². The van der Waals surface area contributed by atoms with Crippen LogP contribution in [0.3, 0.4) is 0 Å². The van der Waals surface area contributed by atoms with Gasteiger partial charge in [0, 0.05) is 10.6 Å². The van der Waals surface area contributed by atoms with E-state index in [0.29, 0.717) is 39.6 Å². The SMILES string of the molecule is Nc1nc(-c2cccc(Cl)c2)nc2c1c(N)nn2C1CCCC1. The molecule has 1 aliphatic rings. The van der Waals surface area contributed by atoms with Crippen LogP contribution in [0.15, 0.2) is 24.3 Å². The zero-order chi connectivity index (χ0) is 16.0. The van der Waals surface area contributed by atoms with Crippen molar-refractivity contribution in [2.45, 2.75) is 31.7 Å². The van der Waals surface area contributed by atoms with Crippen LogP contribution in [-0.4, -0.2) is 19.7 Å². The molecular formula is C16H17ClN6. The Morgan fingerprint density at radius 1 is 1.09 bits per heavy atom. The van der Waals surface area contributed by atoms with Crippen molar-refractivity contribution in [3.8, 4) is 11.4 Å². The maximum atomic E-state index is 6.13. The second-order valence-electron chi connectivity index (χ2n) is 5.91. The predicted octanol–water partition coefficient (Wildman–Crippen LogP) is 3.43. The summed E-state index contributed by atoms with van der Waals surface area (Å²) in [5.74, 6) is 1.28. The molecule has 0 amide bonds. The van der Waals surface area contributed by atoms with E-state index >= 15 is 0 Å². The molecule has 23 heavy (non-hydrogen) atoms. The van der Waals surface area contributed by atoms with E-state index in [4.69, 9.17) is 23.1 Å². The van der Waals surface area contributed by atoms with Crippen molar-refractivity contribution in [2.75, 3.05) is 11.5 Å². The number of fused-ring (bicyclic) bond motifs is 1. The Bertz CT molecular complexity index is 882. The largest absolute Gasteiger partial charge is 0.383 e. The number of anilines is 2. The smallest absolute Gasteiger partial charge is 0.166 e. The standard InChI is InChI=1S/C16H17ClN6/c17-10-5-3-4-9(8-10)15-20-13(18)12-14(19)22-23(16(12)21-15)11-6-1-2-7-11/h3-5,8,11H,1-2,6-7H2,(H2,19,22)(H2,18,20,21). The molecule has 1 saturated carbocycles. The number of halogens is 1. The fourth-order valence-corrected chi connectivity index (χ4v) is 3.44. The van der Waals surface area contributed by atoms with E-state index in [2.05, 4.69) is 15.1 Å². The second-order valence-corrected chi connectivity index (χ2v) is 6.35. The Kier molecular flexibility index (Phi) is 3.34. The summed E-state index contributed by atoms with van der Waals surface area (Å²) < 4.78 is 1.92. The molecule has 118 valence electrons. The summed E-state index contributed by atoms with van der Waals surface area (Å²) in [6, 6.07) is 7.74. The Balaban J connectivity index is 1.93. The van der Waals surface area contributed by atoms with Crippen molar-refractivity contribution in [1.29, 1.82) is 0 Å². The number of hydrogen-bond donors (Lipinski definition) is 2. The molecule has 0 aliphatic heterocycles. The van der Waals surface area contributed by atoms with Crippen LogP contribution in [0.25, 0.3) is 22.4 Å². The van der Waals surface area contributed by atoms with E-state index in [1.165, 1.54) is 12.8 Å². The third kappa shape index (κ3) is 2.39. The normalized spacial score (nSPS) is 15.5. The van der Waals surface area contributed by atoms with E-state index in [-0.39, 0.29) is 0 Å². The summed E-state index contributed by atoms with van der Waals surface area (Å²) >= 11 is 6.07. The summed E-state index contributed by atoms with van der Waals surface area (Å²) in [6.07, 6.45) is 4.58. The average molecular weight is 329 g/mol. The molecule has 0 saturated heterocycles. The number of aromatic nitrogens is 4. The number of benzene rings is 1. The Morgan fingerprint density at radius 2 is 1.87 bits per heavy atom. The van der Waals surface area contributed by atoms with Crippen LogP contribution < -0.4 is 11.5 Å². The number of rotatable bonds is 2. The lowest BCUT2D eigenvalue weighted by molar-refractivity contribution is 0.480. The summed E-state index contributed by atoms with van der Waals surface area (Å²) in [5, 5.41) is 5.75. The topological polar surface area (TPSA) is 95.6 Å². The predicted molar refractivity (Wildman–Crippen MR) is 92.1 cm³/mol. The molecule has 2 aromatic heterocycles. The molecule has 1 aliphatic carbocycles. The Morgan fingerprint density at radius 3 is 2.61 bits per heavy atom. The van der Waals surface area contributed by atoms with Crippen LogP contribution in [0.1, 0.15) is 31.7 Å². The summed E-state index contributed by atoms with van der Waals surface area (Å²) in [6.45, 7) is 0. The number of hydrogen-bond acceptors (Lipinski definition) is 5. The van der Waals surface area contributed by atoms with Crippen LogP contribution in [0.4, 0.5) is 11.6 Å². The highest BCUT2D eigenvalue weighted by molar-refractivity contribution is 6.30. The lowest BCUT2D eigenvalue weighted by Crippen LogP contribution is -2.08. The van der Waals surface area contributed by atoms with Crippen LogP contribution in [0.5, 0.6) is 0 Å². The number of nitrogen functional groups attached to an aromatic ring is 2. The fraction of sp³-hybridized carbons (Fsp3) is 0.312. The van der Waals surface area contributed by atoms with Gasteiger partial charge < -0.3 is 11.5 Å². The molecule has 3 aromatic rings. The highest BCUT2D eigenvalue weighted by Gasteiger charge is 2.24. The van der Waals surface area contributed by atoms with E-state index in [1.807, 2.05) is 28.9 Å². The first-order chi connectivity index (χ1) is 11.1. The molecule has 2 heterocycles. The van der Waals surface area contributed by atoms with Crippen molar-refractivity contribution in [3.05, 3.63) is 29.3 Å². The van der Waals surface area contributed by atoms with E-state index < -0.39 is 0 Å². The van der Waals surface area contributed by atoms with Gasteiger partial charge in [-0.15, -0.1) is 0 Å². The van der Waals surface area contributed by atoms with Crippen molar-refractivity contribution in [2.24, 2.45) is 0 Å². The third-order valence-electron chi connectivity index (χ3n) is 4.36. The van der Waals surface area contributed by atoms with Crippen LogP contribution in [0.2, 0.25) is 5.02 Å². The molecule has 0 bridgehead atoms. The monoisotopic (exact) mass is 328 g/mol. The lowest BCUT2D eigenvalue weighted by Gasteiger charge is -2.11. The highest BCUT2D eigenvalue weighted by atomic mass is 35.5. The summed E-state index contributed by atoms with van der Waals surface area (Å²) in [7, 11) is 0. The van der Waals surface area contributed by atoms with Crippen molar-refractivity contribution in [1.82, 2.24) is 19.7 Å². The van der Waals surface area contributed by atoms with Gasteiger partial charge in [0.25, 0.3) is 0 Å². The Hall–Kier alpha value is -2.34. The molecule has 6 nitrogen and oxygen atoms in total. The van der Waals surface area contributed by atoms with Gasteiger partial charge in [-0.2, -0.15) is 5.10 Å². The van der Waals surface area contributed by atoms with Gasteiger partial charge >= 0.3 is 0 Å². The van der Waals surface area contributed by atoms with Gasteiger partial charge in [0.2, 0.25) is 0 Å². The van der Waals surface area contributed by atoms with Gasteiger partial charge in [-0.25, -0.2) is 14.6 Å². The first-order valence-electron chi connectivity index (χ1n) is 7.70. The lowest BCUT2D eigenvalue weighted by atomic mass is 10.2. The van der Waals surface area contributed by atoms with Crippen LogP contribution in [-0.2, 0) is 0 Å². The van der Waals surface area contributed by atoms with Crippen molar-refractivity contribution < 1.29 is 0 Å². The summed E-state index contributed by atoms with van der Waals surface area (Å²) in [4.78, 5) is 9.07. The van der Waals surface area contributed by atoms with Gasteiger partial charge in [-0.3, -0.25) is 0 Å². The highest BCUT2D eigenvalue weighted by Crippen LogP contribution is 2.35. The van der Waals surface area contributed by atoms with Crippen LogP contribution >= 0.6 is 11.6 Å². The summed E-state index contributed by atoms with van der Waals surface area (Å²) in [5.41, 5.74) is 13.7. The quantitative estimate of drug-likeness (QED) is 0.751. The van der Waals surface area contributed by atoms with Crippen molar-refractivity contribution >= 4 is 34.3 Å². The molecule has 0 atom stereocenters. The van der Waals surface area contributed by atoms with Gasteiger partial charge in [-0.1, -0.05) is 36.6 Å². The fourth-order valence-electron chi connectivity index (χ4n) is 3.25. The molecule has 4 rings (SSSR count). The van der Waals surface area contributed by atoms with Crippen molar-refractivity contribution in [3.63, 3.8) is 0 Å². The maximum absolute atomic E-state index is 6.13. The molecule has 0 spiro atoms. The van der Waals surface area contributed by atoms with Gasteiger partial charge in [0.15, 0.2) is 17.3 Å². The minimum atomic E-state index is 0.330. The molecule has 7 heteroatoms. The molecule has 1 fully saturated rings. The maximum Gasteiger partial charge on any atom is 0.166 e. The third-order valence-corrected chi connectivity index (χ3v) is 4.60. The first kappa shape index (κ1) is 14.3. The minimum Gasteiger partial charge on any atom is -0.383 e. The van der Waals surface area contributed by atoms with Gasteiger partial charge in [-0.05, 0) is 25.0 Å². The number of nitrogens with two attached hydrogens (primary N) is 2. The zero-order valence-corrected chi connectivity index (χ0v) is 13.3. The van der Waals surface area contributed by atoms with E-state index in [9.17, 15) is 0 Å². The minimum absolute atomic E-state index is 0.330. The molecular weight excluding hydrogens is 312 g/mol. The molecule has 4 N–H and O–H groups in total. The van der Waals surface area contributed by atoms with E-state index in [0.717, 1.165) is 18.4 Å². The zero-order valence-electron chi connectivity index (χ0n) is 12.5. The molecule has 1 aromatic carbocycles. The molecule has 0 radical (unpaired) electrons. The van der Waals surface area contributed by atoms with Crippen LogP contribution in [0, 0.1) is 0 Å². The van der Waals surface area contributed by atoms with Gasteiger partial charge in [0.1, 0.15) is 11.2 Å². The second kappa shape index (κ2) is 5.38. The molecule has 0 unspecified atom stereocenters. The average Bonchev–Trinajstić information content (AvgIpc) is 3.15.